The standard InChI is InChI=1S/C20H25N3O3/c1-14-5-7-15(8-6-14)9-17(13-24)12-23-20(26)22-11-16-3-2-4-18(10-16)19(21)25/h2-8,10,17,24H,9,11-13H2,1H3,(H2,21,25)(H2,22,23,26)/t17-/m1/s1. The van der Waals surface area contributed by atoms with E-state index in [1.165, 1.54) is 5.56 Å². The summed E-state index contributed by atoms with van der Waals surface area (Å²) in [5.41, 5.74) is 8.75. The molecule has 0 heterocycles. The van der Waals surface area contributed by atoms with Crippen molar-refractivity contribution in [3.63, 3.8) is 0 Å². The second-order valence-corrected chi connectivity index (χ2v) is 6.37. The monoisotopic (exact) mass is 355 g/mol. The number of hydrogen-bond donors (Lipinski definition) is 4. The van der Waals surface area contributed by atoms with Gasteiger partial charge in [0.15, 0.2) is 0 Å². The van der Waals surface area contributed by atoms with E-state index < -0.39 is 5.91 Å². The van der Waals surface area contributed by atoms with Crippen LogP contribution >= 0.6 is 0 Å². The highest BCUT2D eigenvalue weighted by Gasteiger charge is 2.11. The molecule has 3 amide bonds. The summed E-state index contributed by atoms with van der Waals surface area (Å²) in [5.74, 6) is -0.556. The molecule has 0 aliphatic rings. The lowest BCUT2D eigenvalue weighted by atomic mass is 9.99. The molecule has 6 heteroatoms. The third-order valence-corrected chi connectivity index (χ3v) is 4.12. The van der Waals surface area contributed by atoms with E-state index in [2.05, 4.69) is 10.6 Å². The molecule has 2 aromatic carbocycles. The van der Waals surface area contributed by atoms with Gasteiger partial charge in [-0.3, -0.25) is 4.79 Å². The number of amides is 3. The van der Waals surface area contributed by atoms with Crippen LogP contribution in [-0.4, -0.2) is 30.2 Å². The fraction of sp³-hybridized carbons (Fsp3) is 0.300. The van der Waals surface area contributed by atoms with E-state index in [0.29, 0.717) is 18.5 Å². The second-order valence-electron chi connectivity index (χ2n) is 6.37. The molecule has 138 valence electrons. The Kier molecular flexibility index (Phi) is 7.17. The predicted molar refractivity (Wildman–Crippen MR) is 101 cm³/mol. The molecule has 6 nitrogen and oxygen atoms in total. The van der Waals surface area contributed by atoms with Gasteiger partial charge in [0.25, 0.3) is 0 Å². The van der Waals surface area contributed by atoms with E-state index in [-0.39, 0.29) is 25.1 Å². The smallest absolute Gasteiger partial charge is 0.315 e. The number of aliphatic hydroxyl groups excluding tert-OH is 1. The van der Waals surface area contributed by atoms with Gasteiger partial charge in [-0.05, 0) is 36.6 Å². The molecule has 5 N–H and O–H groups in total. The van der Waals surface area contributed by atoms with Crippen LogP contribution in [0.2, 0.25) is 0 Å². The van der Waals surface area contributed by atoms with Gasteiger partial charge in [0, 0.05) is 31.2 Å². The average Bonchev–Trinajstić information content (AvgIpc) is 2.65. The Balaban J connectivity index is 1.78. The zero-order valence-electron chi connectivity index (χ0n) is 14.9. The lowest BCUT2D eigenvalue weighted by Gasteiger charge is -2.16. The van der Waals surface area contributed by atoms with Gasteiger partial charge < -0.3 is 21.5 Å². The third kappa shape index (κ3) is 6.22. The van der Waals surface area contributed by atoms with E-state index in [0.717, 1.165) is 11.1 Å². The molecule has 0 bridgehead atoms. The van der Waals surface area contributed by atoms with Gasteiger partial charge in [-0.25, -0.2) is 4.79 Å². The highest BCUT2D eigenvalue weighted by molar-refractivity contribution is 5.92. The number of aliphatic hydroxyl groups is 1. The maximum atomic E-state index is 12.0. The lowest BCUT2D eigenvalue weighted by molar-refractivity contribution is 0.1000. The van der Waals surface area contributed by atoms with Gasteiger partial charge in [-0.15, -0.1) is 0 Å². The average molecular weight is 355 g/mol. The number of nitrogens with two attached hydrogens (primary N) is 1. The molecular formula is C20H25N3O3. The molecule has 0 radical (unpaired) electrons. The largest absolute Gasteiger partial charge is 0.396 e. The van der Waals surface area contributed by atoms with E-state index in [1.807, 2.05) is 31.2 Å². The summed E-state index contributed by atoms with van der Waals surface area (Å²) in [4.78, 5) is 23.1. The van der Waals surface area contributed by atoms with Crippen molar-refractivity contribution in [3.05, 3.63) is 70.8 Å². The maximum absolute atomic E-state index is 12.0. The first-order chi connectivity index (χ1) is 12.5. The van der Waals surface area contributed by atoms with Crippen molar-refractivity contribution >= 4 is 11.9 Å². The van der Waals surface area contributed by atoms with Crippen LogP contribution in [0, 0.1) is 12.8 Å². The Labute approximate surface area is 153 Å². The first-order valence-corrected chi connectivity index (χ1v) is 8.54. The van der Waals surface area contributed by atoms with Crippen molar-refractivity contribution in [1.29, 1.82) is 0 Å². The number of primary amides is 1. The summed E-state index contributed by atoms with van der Waals surface area (Å²) in [5, 5.41) is 15.0. The van der Waals surface area contributed by atoms with Crippen LogP contribution in [0.5, 0.6) is 0 Å². The molecule has 0 aliphatic carbocycles. The Bertz CT molecular complexity index is 744. The minimum absolute atomic E-state index is 0.00515. The lowest BCUT2D eigenvalue weighted by Crippen LogP contribution is -2.39. The number of nitrogens with one attached hydrogen (secondary N) is 2. The minimum atomic E-state index is -0.502. The van der Waals surface area contributed by atoms with Crippen LogP contribution in [0.3, 0.4) is 0 Å². The Hall–Kier alpha value is -2.86. The van der Waals surface area contributed by atoms with Crippen molar-refractivity contribution in [2.45, 2.75) is 19.9 Å². The zero-order chi connectivity index (χ0) is 18.9. The number of hydrogen-bond acceptors (Lipinski definition) is 3. The van der Waals surface area contributed by atoms with Gasteiger partial charge in [0.1, 0.15) is 0 Å². The van der Waals surface area contributed by atoms with Gasteiger partial charge in [-0.2, -0.15) is 0 Å². The zero-order valence-corrected chi connectivity index (χ0v) is 14.9. The van der Waals surface area contributed by atoms with Crippen LogP contribution < -0.4 is 16.4 Å². The van der Waals surface area contributed by atoms with Gasteiger partial charge in [0.2, 0.25) is 5.91 Å². The number of aryl methyl sites for hydroxylation is 1. The summed E-state index contributed by atoms with van der Waals surface area (Å²) < 4.78 is 0. The summed E-state index contributed by atoms with van der Waals surface area (Å²) >= 11 is 0. The highest BCUT2D eigenvalue weighted by Crippen LogP contribution is 2.09. The van der Waals surface area contributed by atoms with Crippen LogP contribution in [0.25, 0.3) is 0 Å². The first-order valence-electron chi connectivity index (χ1n) is 8.54. The maximum Gasteiger partial charge on any atom is 0.315 e. The normalized spacial score (nSPS) is 11.6. The summed E-state index contributed by atoms with van der Waals surface area (Å²) in [7, 11) is 0. The van der Waals surface area contributed by atoms with Gasteiger partial charge in [-0.1, -0.05) is 42.0 Å². The van der Waals surface area contributed by atoms with Crippen molar-refractivity contribution in [2.75, 3.05) is 13.2 Å². The van der Waals surface area contributed by atoms with Crippen molar-refractivity contribution in [3.8, 4) is 0 Å². The highest BCUT2D eigenvalue weighted by atomic mass is 16.3. The van der Waals surface area contributed by atoms with Crippen molar-refractivity contribution in [1.82, 2.24) is 10.6 Å². The fourth-order valence-electron chi connectivity index (χ4n) is 2.58. The number of benzene rings is 2. The van der Waals surface area contributed by atoms with Crippen molar-refractivity contribution < 1.29 is 14.7 Å². The molecule has 0 unspecified atom stereocenters. The van der Waals surface area contributed by atoms with Crippen LogP contribution in [0.15, 0.2) is 48.5 Å². The molecule has 0 aliphatic heterocycles. The fourth-order valence-corrected chi connectivity index (χ4v) is 2.58. The van der Waals surface area contributed by atoms with E-state index in [9.17, 15) is 14.7 Å². The van der Waals surface area contributed by atoms with Crippen LogP contribution in [-0.2, 0) is 13.0 Å². The first kappa shape index (κ1) is 19.5. The number of carbonyl (C=O) groups excluding carboxylic acids is 2. The van der Waals surface area contributed by atoms with Crippen LogP contribution in [0.1, 0.15) is 27.0 Å². The van der Waals surface area contributed by atoms with E-state index >= 15 is 0 Å². The van der Waals surface area contributed by atoms with Gasteiger partial charge in [0.05, 0.1) is 0 Å². The van der Waals surface area contributed by atoms with Crippen LogP contribution in [0.4, 0.5) is 4.79 Å². The van der Waals surface area contributed by atoms with Crippen molar-refractivity contribution in [2.24, 2.45) is 11.7 Å². The molecule has 0 saturated heterocycles. The molecule has 2 aromatic rings. The summed E-state index contributed by atoms with van der Waals surface area (Å²) in [6.45, 7) is 2.68. The molecule has 0 fully saturated rings. The Morgan fingerprint density at radius 3 is 2.46 bits per heavy atom. The predicted octanol–water partition coefficient (Wildman–Crippen LogP) is 1.74. The minimum Gasteiger partial charge on any atom is -0.396 e. The molecule has 0 saturated carbocycles. The molecular weight excluding hydrogens is 330 g/mol. The number of urea groups is 1. The van der Waals surface area contributed by atoms with E-state index in [4.69, 9.17) is 5.73 Å². The third-order valence-electron chi connectivity index (χ3n) is 4.12. The number of rotatable bonds is 8. The Morgan fingerprint density at radius 1 is 1.08 bits per heavy atom. The molecule has 0 spiro atoms. The summed E-state index contributed by atoms with van der Waals surface area (Å²) in [6, 6.07) is 14.6. The second kappa shape index (κ2) is 9.58. The summed E-state index contributed by atoms with van der Waals surface area (Å²) in [6.07, 6.45) is 0.692. The Morgan fingerprint density at radius 2 is 1.81 bits per heavy atom. The quantitative estimate of drug-likeness (QED) is 0.580. The SMILES string of the molecule is Cc1ccc(C[C@@H](CO)CNC(=O)NCc2cccc(C(N)=O)c2)cc1. The molecule has 2 rings (SSSR count). The number of carbonyl (C=O) groups is 2. The van der Waals surface area contributed by atoms with Gasteiger partial charge >= 0.3 is 6.03 Å². The molecule has 0 aromatic heterocycles. The molecule has 26 heavy (non-hydrogen) atoms. The van der Waals surface area contributed by atoms with E-state index in [1.54, 1.807) is 24.3 Å². The molecule has 1 atom stereocenters. The topological polar surface area (TPSA) is 104 Å².